The highest BCUT2D eigenvalue weighted by Crippen LogP contribution is 2.36. The predicted molar refractivity (Wildman–Crippen MR) is 79.9 cm³/mol. The van der Waals surface area contributed by atoms with Gasteiger partial charge in [0.15, 0.2) is 0 Å². The second-order valence-corrected chi connectivity index (χ2v) is 6.45. The van der Waals surface area contributed by atoms with Crippen molar-refractivity contribution in [3.8, 4) is 0 Å². The van der Waals surface area contributed by atoms with Crippen LogP contribution in [0.25, 0.3) is 0 Å². The molecule has 0 spiro atoms. The van der Waals surface area contributed by atoms with Crippen LogP contribution < -0.4 is 10.6 Å². The lowest BCUT2D eigenvalue weighted by atomic mass is 9.93. The maximum absolute atomic E-state index is 7.82. The molecule has 1 fully saturated rings. The monoisotopic (exact) mass is 263 g/mol. The molecule has 1 saturated heterocycles. The van der Waals surface area contributed by atoms with Crippen molar-refractivity contribution in [1.29, 1.82) is 5.41 Å². The van der Waals surface area contributed by atoms with E-state index in [1.54, 1.807) is 11.8 Å². The van der Waals surface area contributed by atoms with Crippen molar-refractivity contribution < 1.29 is 0 Å². The summed E-state index contributed by atoms with van der Waals surface area (Å²) in [5, 5.41) is 7.82. The highest BCUT2D eigenvalue weighted by atomic mass is 32.2. The summed E-state index contributed by atoms with van der Waals surface area (Å²) in [6.07, 6.45) is 3.22. The smallest absolute Gasteiger partial charge is 0.126 e. The summed E-state index contributed by atoms with van der Waals surface area (Å²) in [4.78, 5) is 3.45. The Morgan fingerprint density at radius 1 is 1.44 bits per heavy atom. The maximum atomic E-state index is 7.82. The van der Waals surface area contributed by atoms with Gasteiger partial charge < -0.3 is 10.6 Å². The maximum Gasteiger partial charge on any atom is 0.126 e. The molecule has 3 nitrogen and oxygen atoms in total. The molecule has 1 aliphatic heterocycles. The van der Waals surface area contributed by atoms with Crippen LogP contribution in [-0.4, -0.2) is 25.2 Å². The van der Waals surface area contributed by atoms with Gasteiger partial charge in [-0.05, 0) is 30.2 Å². The van der Waals surface area contributed by atoms with Crippen LogP contribution in [0, 0.1) is 10.8 Å². The number of anilines is 1. The van der Waals surface area contributed by atoms with E-state index in [1.807, 2.05) is 12.3 Å². The summed E-state index contributed by atoms with van der Waals surface area (Å²) < 4.78 is 0. The third-order valence-electron chi connectivity index (χ3n) is 3.51. The Morgan fingerprint density at radius 3 is 2.67 bits per heavy atom. The average Bonchev–Trinajstić information content (AvgIpc) is 2.68. The SMILES string of the molecule is CSc1cccc(N2CCC(C)(C)C2)c1C(=N)N. The van der Waals surface area contributed by atoms with Crippen LogP contribution in [0.2, 0.25) is 0 Å². The van der Waals surface area contributed by atoms with Gasteiger partial charge in [-0.15, -0.1) is 11.8 Å². The van der Waals surface area contributed by atoms with Crippen molar-refractivity contribution in [3.05, 3.63) is 23.8 Å². The minimum atomic E-state index is 0.166. The second kappa shape index (κ2) is 4.84. The molecule has 0 amide bonds. The lowest BCUT2D eigenvalue weighted by Crippen LogP contribution is -2.26. The minimum Gasteiger partial charge on any atom is -0.384 e. The van der Waals surface area contributed by atoms with Crippen LogP contribution in [0.5, 0.6) is 0 Å². The number of hydrogen-bond acceptors (Lipinski definition) is 3. The van der Waals surface area contributed by atoms with Crippen molar-refractivity contribution in [3.63, 3.8) is 0 Å². The lowest BCUT2D eigenvalue weighted by Gasteiger charge is -2.25. The number of rotatable bonds is 3. The topological polar surface area (TPSA) is 53.1 Å². The highest BCUT2D eigenvalue weighted by Gasteiger charge is 2.31. The molecule has 0 radical (unpaired) electrons. The zero-order valence-corrected chi connectivity index (χ0v) is 12.1. The largest absolute Gasteiger partial charge is 0.384 e. The second-order valence-electron chi connectivity index (χ2n) is 5.60. The van der Waals surface area contributed by atoms with E-state index in [1.165, 1.54) is 6.42 Å². The third kappa shape index (κ3) is 2.48. The van der Waals surface area contributed by atoms with Gasteiger partial charge in [-0.3, -0.25) is 5.41 Å². The van der Waals surface area contributed by atoms with Gasteiger partial charge >= 0.3 is 0 Å². The van der Waals surface area contributed by atoms with Gasteiger partial charge in [0.25, 0.3) is 0 Å². The summed E-state index contributed by atoms with van der Waals surface area (Å²) in [6.45, 7) is 6.66. The predicted octanol–water partition coefficient (Wildman–Crippen LogP) is 2.93. The molecule has 18 heavy (non-hydrogen) atoms. The molecule has 1 aromatic rings. The molecular weight excluding hydrogens is 242 g/mol. The van der Waals surface area contributed by atoms with Crippen LogP contribution in [0.3, 0.4) is 0 Å². The van der Waals surface area contributed by atoms with Crippen molar-refractivity contribution in [1.82, 2.24) is 0 Å². The Morgan fingerprint density at radius 2 is 2.17 bits per heavy atom. The molecule has 0 aliphatic carbocycles. The van der Waals surface area contributed by atoms with Crippen LogP contribution in [0.4, 0.5) is 5.69 Å². The lowest BCUT2D eigenvalue weighted by molar-refractivity contribution is 0.418. The van der Waals surface area contributed by atoms with Crippen molar-refractivity contribution in [2.45, 2.75) is 25.2 Å². The van der Waals surface area contributed by atoms with Gasteiger partial charge in [0, 0.05) is 23.7 Å². The summed E-state index contributed by atoms with van der Waals surface area (Å²) in [7, 11) is 0. The quantitative estimate of drug-likeness (QED) is 0.501. The van der Waals surface area contributed by atoms with E-state index in [0.29, 0.717) is 5.41 Å². The van der Waals surface area contributed by atoms with E-state index in [9.17, 15) is 0 Å². The Balaban J connectivity index is 2.42. The Hall–Kier alpha value is -1.16. The molecule has 1 aliphatic rings. The molecule has 0 atom stereocenters. The minimum absolute atomic E-state index is 0.166. The van der Waals surface area contributed by atoms with Crippen LogP contribution >= 0.6 is 11.8 Å². The summed E-state index contributed by atoms with van der Waals surface area (Å²) in [6, 6.07) is 6.17. The molecule has 1 aromatic carbocycles. The molecule has 1 heterocycles. The molecule has 0 saturated carbocycles. The number of benzene rings is 1. The van der Waals surface area contributed by atoms with E-state index in [2.05, 4.69) is 30.9 Å². The first-order valence-electron chi connectivity index (χ1n) is 6.21. The Bertz CT molecular complexity index is 468. The number of thioether (sulfide) groups is 1. The van der Waals surface area contributed by atoms with E-state index in [0.717, 1.165) is 29.2 Å². The number of nitrogens with one attached hydrogen (secondary N) is 1. The summed E-state index contributed by atoms with van der Waals surface area (Å²) in [5.74, 6) is 0.166. The number of nitrogens with two attached hydrogens (primary N) is 1. The number of nitrogen functional groups attached to an aromatic ring is 1. The van der Waals surface area contributed by atoms with Crippen LogP contribution in [0.1, 0.15) is 25.8 Å². The summed E-state index contributed by atoms with van der Waals surface area (Å²) >= 11 is 1.65. The number of hydrogen-bond donors (Lipinski definition) is 2. The fourth-order valence-corrected chi connectivity index (χ4v) is 3.18. The molecular formula is C14H21N3S. The van der Waals surface area contributed by atoms with E-state index in [-0.39, 0.29) is 5.84 Å². The fraction of sp³-hybridized carbons (Fsp3) is 0.500. The van der Waals surface area contributed by atoms with Crippen molar-refractivity contribution in [2.24, 2.45) is 11.1 Å². The first kappa shape index (κ1) is 13.3. The first-order chi connectivity index (χ1) is 8.44. The normalized spacial score (nSPS) is 18.1. The van der Waals surface area contributed by atoms with Gasteiger partial charge in [0.2, 0.25) is 0 Å². The van der Waals surface area contributed by atoms with E-state index < -0.39 is 0 Å². The van der Waals surface area contributed by atoms with Gasteiger partial charge in [-0.1, -0.05) is 19.9 Å². The Kier molecular flexibility index (Phi) is 3.57. The van der Waals surface area contributed by atoms with Crippen molar-refractivity contribution in [2.75, 3.05) is 24.2 Å². The number of amidine groups is 1. The van der Waals surface area contributed by atoms with Gasteiger partial charge in [0.1, 0.15) is 5.84 Å². The zero-order chi connectivity index (χ0) is 13.3. The van der Waals surface area contributed by atoms with Gasteiger partial charge in [0.05, 0.1) is 5.56 Å². The fourth-order valence-electron chi connectivity index (χ4n) is 2.54. The van der Waals surface area contributed by atoms with Gasteiger partial charge in [-0.2, -0.15) is 0 Å². The molecule has 2 rings (SSSR count). The van der Waals surface area contributed by atoms with Crippen molar-refractivity contribution >= 4 is 23.3 Å². The van der Waals surface area contributed by atoms with E-state index in [4.69, 9.17) is 11.1 Å². The molecule has 0 aromatic heterocycles. The molecule has 0 bridgehead atoms. The van der Waals surface area contributed by atoms with Gasteiger partial charge in [-0.25, -0.2) is 0 Å². The van der Waals surface area contributed by atoms with Crippen LogP contribution in [0.15, 0.2) is 23.1 Å². The van der Waals surface area contributed by atoms with E-state index >= 15 is 0 Å². The molecule has 0 unspecified atom stereocenters. The Labute approximate surface area is 113 Å². The average molecular weight is 263 g/mol. The number of nitrogens with zero attached hydrogens (tertiary/aromatic N) is 1. The molecule has 3 N–H and O–H groups in total. The first-order valence-corrected chi connectivity index (χ1v) is 7.43. The standard InChI is InChI=1S/C14H21N3S/c1-14(2)7-8-17(9-14)10-5-4-6-11(18-3)12(10)13(15)16/h4-6H,7-9H2,1-3H3,(H3,15,16). The highest BCUT2D eigenvalue weighted by molar-refractivity contribution is 7.98. The molecule has 98 valence electrons. The third-order valence-corrected chi connectivity index (χ3v) is 4.29. The zero-order valence-electron chi connectivity index (χ0n) is 11.3. The summed E-state index contributed by atoms with van der Waals surface area (Å²) in [5.41, 5.74) is 8.12. The van der Waals surface area contributed by atoms with Crippen LogP contribution in [-0.2, 0) is 0 Å². The molecule has 4 heteroatoms.